The predicted octanol–water partition coefficient (Wildman–Crippen LogP) is 2.86. The number of morpholine rings is 1. The average Bonchev–Trinajstić information content (AvgIpc) is 2.74. The van der Waals surface area contributed by atoms with Crippen molar-refractivity contribution in [1.29, 1.82) is 5.26 Å². The van der Waals surface area contributed by atoms with Crippen molar-refractivity contribution in [2.75, 3.05) is 49.6 Å². The van der Waals surface area contributed by atoms with Crippen molar-refractivity contribution < 1.29 is 9.53 Å². The summed E-state index contributed by atoms with van der Waals surface area (Å²) >= 11 is 0. The third kappa shape index (κ3) is 5.56. The van der Waals surface area contributed by atoms with E-state index in [1.54, 1.807) is 6.07 Å². The molecule has 28 heavy (non-hydrogen) atoms. The van der Waals surface area contributed by atoms with Crippen molar-refractivity contribution in [3.8, 4) is 6.07 Å². The zero-order valence-electron chi connectivity index (χ0n) is 16.2. The molecule has 0 atom stereocenters. The lowest BCUT2D eigenvalue weighted by molar-refractivity contribution is -0.117. The highest BCUT2D eigenvalue weighted by molar-refractivity contribution is 5.92. The number of nitrogens with zero attached hydrogens (tertiary/aromatic N) is 3. The molecule has 146 valence electrons. The molecule has 1 N–H and O–H groups in total. The highest BCUT2D eigenvalue weighted by Crippen LogP contribution is 2.19. The molecule has 1 fully saturated rings. The van der Waals surface area contributed by atoms with Crippen LogP contribution in [0.15, 0.2) is 48.5 Å². The maximum absolute atomic E-state index is 12.4. The topological polar surface area (TPSA) is 68.6 Å². The molecule has 0 bridgehead atoms. The molecule has 6 heteroatoms. The summed E-state index contributed by atoms with van der Waals surface area (Å²) < 4.78 is 5.38. The van der Waals surface area contributed by atoms with E-state index in [1.165, 1.54) is 0 Å². The number of carbonyl (C=O) groups excluding carboxylic acids is 1. The summed E-state index contributed by atoms with van der Waals surface area (Å²) in [5.74, 6) is -0.0441. The van der Waals surface area contributed by atoms with E-state index in [4.69, 9.17) is 10.00 Å². The van der Waals surface area contributed by atoms with E-state index in [-0.39, 0.29) is 5.91 Å². The summed E-state index contributed by atoms with van der Waals surface area (Å²) in [6, 6.07) is 17.6. The smallest absolute Gasteiger partial charge is 0.238 e. The third-order valence-electron chi connectivity index (χ3n) is 4.80. The molecule has 6 nitrogen and oxygen atoms in total. The van der Waals surface area contributed by atoms with Gasteiger partial charge in [0.1, 0.15) is 0 Å². The van der Waals surface area contributed by atoms with E-state index >= 15 is 0 Å². The normalized spacial score (nSPS) is 14.0. The molecule has 1 amide bonds. The van der Waals surface area contributed by atoms with Crippen molar-refractivity contribution >= 4 is 17.3 Å². The lowest BCUT2D eigenvalue weighted by Crippen LogP contribution is -2.36. The molecule has 0 aromatic heterocycles. The fourth-order valence-corrected chi connectivity index (χ4v) is 3.26. The molecule has 1 saturated heterocycles. The van der Waals surface area contributed by atoms with Gasteiger partial charge in [0.05, 0.1) is 31.4 Å². The van der Waals surface area contributed by atoms with Gasteiger partial charge in [-0.2, -0.15) is 5.26 Å². The number of rotatable bonds is 7. The van der Waals surface area contributed by atoms with Crippen LogP contribution in [0.4, 0.5) is 11.4 Å². The SMILES string of the molecule is CCN(CC(=O)Nc1ccc(N2CCOCC2)cc1)Cc1cccc(C#N)c1. The van der Waals surface area contributed by atoms with E-state index in [0.717, 1.165) is 49.8 Å². The van der Waals surface area contributed by atoms with Gasteiger partial charge in [0, 0.05) is 31.0 Å². The minimum atomic E-state index is -0.0441. The Bertz CT molecular complexity index is 823. The van der Waals surface area contributed by atoms with Crippen LogP contribution in [0.25, 0.3) is 0 Å². The van der Waals surface area contributed by atoms with Gasteiger partial charge < -0.3 is 15.0 Å². The monoisotopic (exact) mass is 378 g/mol. The van der Waals surface area contributed by atoms with Crippen LogP contribution < -0.4 is 10.2 Å². The van der Waals surface area contributed by atoms with E-state index < -0.39 is 0 Å². The molecule has 1 aliphatic rings. The van der Waals surface area contributed by atoms with Crippen molar-refractivity contribution in [3.05, 3.63) is 59.7 Å². The first-order valence-electron chi connectivity index (χ1n) is 9.62. The van der Waals surface area contributed by atoms with E-state index in [2.05, 4.69) is 16.3 Å². The summed E-state index contributed by atoms with van der Waals surface area (Å²) in [5, 5.41) is 12.0. The van der Waals surface area contributed by atoms with Crippen LogP contribution >= 0.6 is 0 Å². The standard InChI is InChI=1S/C22H26N4O2/c1-2-25(16-19-5-3-4-18(14-19)15-23)17-22(27)24-20-6-8-21(9-7-20)26-10-12-28-13-11-26/h3-9,14H,2,10-13,16-17H2,1H3,(H,24,27). The van der Waals surface area contributed by atoms with Gasteiger partial charge in [-0.05, 0) is 48.5 Å². The predicted molar refractivity (Wildman–Crippen MR) is 110 cm³/mol. The van der Waals surface area contributed by atoms with Crippen LogP contribution in [0, 0.1) is 11.3 Å². The molecule has 2 aromatic carbocycles. The molecule has 0 aliphatic carbocycles. The van der Waals surface area contributed by atoms with Gasteiger partial charge in [-0.3, -0.25) is 9.69 Å². The lowest BCUT2D eigenvalue weighted by atomic mass is 10.1. The van der Waals surface area contributed by atoms with Crippen molar-refractivity contribution in [3.63, 3.8) is 0 Å². The molecule has 0 radical (unpaired) electrons. The van der Waals surface area contributed by atoms with Crippen LogP contribution in [0.5, 0.6) is 0 Å². The van der Waals surface area contributed by atoms with Gasteiger partial charge in [-0.1, -0.05) is 19.1 Å². The number of ether oxygens (including phenoxy) is 1. The summed E-state index contributed by atoms with van der Waals surface area (Å²) in [6.45, 7) is 7.01. The quantitative estimate of drug-likeness (QED) is 0.802. The second-order valence-electron chi connectivity index (χ2n) is 6.81. The Kier molecular flexibility index (Phi) is 7.01. The van der Waals surface area contributed by atoms with Gasteiger partial charge in [-0.25, -0.2) is 0 Å². The molecule has 1 aliphatic heterocycles. The van der Waals surface area contributed by atoms with Crippen LogP contribution in [0.1, 0.15) is 18.1 Å². The maximum Gasteiger partial charge on any atom is 0.238 e. The van der Waals surface area contributed by atoms with E-state index in [1.807, 2.05) is 54.3 Å². The number of nitrogens with one attached hydrogen (secondary N) is 1. The summed E-state index contributed by atoms with van der Waals surface area (Å²) in [7, 11) is 0. The van der Waals surface area contributed by atoms with Gasteiger partial charge >= 0.3 is 0 Å². The summed E-state index contributed by atoms with van der Waals surface area (Å²) in [5.41, 5.74) is 3.61. The molecule has 0 spiro atoms. The number of likely N-dealkylation sites (N-methyl/N-ethyl adjacent to an activating group) is 1. The second-order valence-corrected chi connectivity index (χ2v) is 6.81. The number of benzene rings is 2. The van der Waals surface area contributed by atoms with Crippen LogP contribution in [-0.4, -0.2) is 50.2 Å². The lowest BCUT2D eigenvalue weighted by Gasteiger charge is -2.29. The van der Waals surface area contributed by atoms with Gasteiger partial charge in [0.15, 0.2) is 0 Å². The average molecular weight is 378 g/mol. The first-order valence-corrected chi connectivity index (χ1v) is 9.62. The number of hydrogen-bond acceptors (Lipinski definition) is 5. The minimum absolute atomic E-state index is 0.0441. The van der Waals surface area contributed by atoms with E-state index in [0.29, 0.717) is 18.7 Å². The minimum Gasteiger partial charge on any atom is -0.378 e. The van der Waals surface area contributed by atoms with Crippen LogP contribution in [0.2, 0.25) is 0 Å². The molecule has 1 heterocycles. The maximum atomic E-state index is 12.4. The highest BCUT2D eigenvalue weighted by atomic mass is 16.5. The Balaban J connectivity index is 1.53. The van der Waals surface area contributed by atoms with Crippen molar-refractivity contribution in [2.24, 2.45) is 0 Å². The van der Waals surface area contributed by atoms with Crippen LogP contribution in [0.3, 0.4) is 0 Å². The number of carbonyl (C=O) groups is 1. The molecule has 3 rings (SSSR count). The Labute approximate surface area is 166 Å². The molecule has 2 aromatic rings. The molecule has 0 saturated carbocycles. The number of amides is 1. The number of hydrogen-bond donors (Lipinski definition) is 1. The molecule has 0 unspecified atom stereocenters. The Hall–Kier alpha value is -2.88. The largest absolute Gasteiger partial charge is 0.378 e. The first kappa shape index (κ1) is 19.9. The third-order valence-corrected chi connectivity index (χ3v) is 4.80. The van der Waals surface area contributed by atoms with Crippen molar-refractivity contribution in [1.82, 2.24) is 4.90 Å². The Morgan fingerprint density at radius 3 is 2.64 bits per heavy atom. The van der Waals surface area contributed by atoms with Gasteiger partial charge in [0.25, 0.3) is 0 Å². The second kappa shape index (κ2) is 9.88. The zero-order chi connectivity index (χ0) is 19.8. The number of nitriles is 1. The van der Waals surface area contributed by atoms with Crippen molar-refractivity contribution in [2.45, 2.75) is 13.5 Å². The van der Waals surface area contributed by atoms with Gasteiger partial charge in [0.2, 0.25) is 5.91 Å². The summed E-state index contributed by atoms with van der Waals surface area (Å²) in [4.78, 5) is 16.8. The molecular weight excluding hydrogens is 352 g/mol. The highest BCUT2D eigenvalue weighted by Gasteiger charge is 2.13. The fourth-order valence-electron chi connectivity index (χ4n) is 3.26. The zero-order valence-corrected chi connectivity index (χ0v) is 16.2. The Morgan fingerprint density at radius 1 is 1.21 bits per heavy atom. The fraction of sp³-hybridized carbons (Fsp3) is 0.364. The number of anilines is 2. The van der Waals surface area contributed by atoms with Gasteiger partial charge in [-0.15, -0.1) is 0 Å². The summed E-state index contributed by atoms with van der Waals surface area (Å²) in [6.07, 6.45) is 0. The van der Waals surface area contributed by atoms with E-state index in [9.17, 15) is 4.79 Å². The van der Waals surface area contributed by atoms with Crippen LogP contribution in [-0.2, 0) is 16.1 Å². The Morgan fingerprint density at radius 2 is 1.96 bits per heavy atom. The first-order chi connectivity index (χ1) is 13.7. The molecular formula is C22H26N4O2.